The standard InChI is InChI=1S/C50H86/c1-39-25-27-41(28-26-39)30-48(29-40-23-21-20-22-24-40,37-49(31-42(2,3)4,32-43(5,6)7)33-44(8,9)10)38-50(34-45(11,12)13,35-46(14,15)16)36-47(17,18)19/h20-28H,29-38H2,1-19H3. The van der Waals surface area contributed by atoms with Gasteiger partial charge in [0.2, 0.25) is 0 Å². The minimum absolute atomic E-state index is 0.0834. The molecule has 50 heavy (non-hydrogen) atoms. The lowest BCUT2D eigenvalue weighted by Gasteiger charge is -2.55. The van der Waals surface area contributed by atoms with Gasteiger partial charge in [0.1, 0.15) is 0 Å². The van der Waals surface area contributed by atoms with Crippen LogP contribution in [0, 0.1) is 55.7 Å². The van der Waals surface area contributed by atoms with Crippen molar-refractivity contribution in [2.75, 3.05) is 0 Å². The topological polar surface area (TPSA) is 0 Å². The van der Waals surface area contributed by atoms with Crippen molar-refractivity contribution in [3.63, 3.8) is 0 Å². The lowest BCUT2D eigenvalue weighted by molar-refractivity contribution is -0.0401. The van der Waals surface area contributed by atoms with Crippen LogP contribution in [-0.2, 0) is 12.8 Å². The molecule has 2 rings (SSSR count). The van der Waals surface area contributed by atoms with E-state index in [4.69, 9.17) is 0 Å². The third kappa shape index (κ3) is 17.3. The van der Waals surface area contributed by atoms with Crippen LogP contribution in [0.1, 0.15) is 193 Å². The molecule has 0 aromatic heterocycles. The molecule has 0 aliphatic heterocycles. The molecular weight excluding hydrogens is 601 g/mol. The van der Waals surface area contributed by atoms with Gasteiger partial charge in [-0.05, 0) is 131 Å². The Bertz CT molecular complexity index is 1140. The molecule has 0 N–H and O–H groups in total. The van der Waals surface area contributed by atoms with Crippen molar-refractivity contribution in [1.29, 1.82) is 0 Å². The molecule has 0 saturated heterocycles. The summed E-state index contributed by atoms with van der Waals surface area (Å²) in [7, 11) is 0. The molecule has 2 aromatic rings. The molecular formula is C50H86. The van der Waals surface area contributed by atoms with Crippen LogP contribution in [0.4, 0.5) is 0 Å². The minimum Gasteiger partial charge on any atom is -0.0622 e. The highest BCUT2D eigenvalue weighted by molar-refractivity contribution is 5.25. The molecule has 0 atom stereocenters. The maximum absolute atomic E-state index is 2.51. The summed E-state index contributed by atoms with van der Waals surface area (Å²) >= 11 is 0. The fraction of sp³-hybridized carbons (Fsp3) is 0.760. The van der Waals surface area contributed by atoms with Crippen molar-refractivity contribution in [1.82, 2.24) is 0 Å². The highest BCUT2D eigenvalue weighted by atomic mass is 14.6. The van der Waals surface area contributed by atoms with Crippen LogP contribution >= 0.6 is 0 Å². The molecule has 0 nitrogen and oxygen atoms in total. The molecule has 0 unspecified atom stereocenters. The van der Waals surface area contributed by atoms with Crippen molar-refractivity contribution in [2.45, 2.75) is 196 Å². The van der Waals surface area contributed by atoms with E-state index in [1.54, 1.807) is 0 Å². The van der Waals surface area contributed by atoms with Gasteiger partial charge in [-0.25, -0.2) is 0 Å². The van der Waals surface area contributed by atoms with Gasteiger partial charge in [-0.3, -0.25) is 0 Å². The summed E-state index contributed by atoms with van der Waals surface area (Å²) in [5, 5.41) is 0. The Hall–Kier alpha value is -1.56. The van der Waals surface area contributed by atoms with Crippen LogP contribution in [0.3, 0.4) is 0 Å². The Morgan fingerprint density at radius 3 is 0.820 bits per heavy atom. The number of benzene rings is 2. The molecule has 0 amide bonds. The van der Waals surface area contributed by atoms with Crippen LogP contribution in [0.5, 0.6) is 0 Å². The maximum atomic E-state index is 2.51. The highest BCUT2D eigenvalue weighted by Gasteiger charge is 2.51. The normalized spacial score (nSPS) is 14.7. The summed E-state index contributed by atoms with van der Waals surface area (Å²) in [6.45, 7) is 47.4. The van der Waals surface area contributed by atoms with Crippen LogP contribution < -0.4 is 0 Å². The van der Waals surface area contributed by atoms with Crippen LogP contribution in [-0.4, -0.2) is 0 Å². The van der Waals surface area contributed by atoms with E-state index < -0.39 is 0 Å². The van der Waals surface area contributed by atoms with Gasteiger partial charge in [0.25, 0.3) is 0 Å². The number of aryl methyl sites for hydroxylation is 1. The predicted molar refractivity (Wildman–Crippen MR) is 226 cm³/mol. The number of hydrogen-bond acceptors (Lipinski definition) is 0. The van der Waals surface area contributed by atoms with Crippen molar-refractivity contribution < 1.29 is 0 Å². The quantitative estimate of drug-likeness (QED) is 0.186. The number of rotatable bonds is 14. The molecule has 286 valence electrons. The second kappa shape index (κ2) is 15.8. The molecule has 0 heterocycles. The molecule has 0 heteroatoms. The fourth-order valence-electron chi connectivity index (χ4n) is 11.6. The molecule has 0 radical (unpaired) electrons. The van der Waals surface area contributed by atoms with E-state index in [9.17, 15) is 0 Å². The average molecular weight is 687 g/mol. The van der Waals surface area contributed by atoms with Crippen LogP contribution in [0.15, 0.2) is 54.6 Å². The largest absolute Gasteiger partial charge is 0.0622 e. The van der Waals surface area contributed by atoms with Gasteiger partial charge >= 0.3 is 0 Å². The molecule has 0 fully saturated rings. The van der Waals surface area contributed by atoms with E-state index in [-0.39, 0.29) is 48.7 Å². The first-order chi connectivity index (χ1) is 22.2. The van der Waals surface area contributed by atoms with Gasteiger partial charge in [0.15, 0.2) is 0 Å². The summed E-state index contributed by atoms with van der Waals surface area (Å²) in [6, 6.07) is 21.3. The maximum Gasteiger partial charge on any atom is -0.0206 e. The third-order valence-electron chi connectivity index (χ3n) is 10.1. The zero-order chi connectivity index (χ0) is 38.7. The minimum atomic E-state index is 0.0834. The van der Waals surface area contributed by atoms with Gasteiger partial charge in [0.05, 0.1) is 0 Å². The predicted octanol–water partition coefficient (Wildman–Crippen LogP) is 16.1. The lowest BCUT2D eigenvalue weighted by Crippen LogP contribution is -2.46. The average Bonchev–Trinajstić information content (AvgIpc) is 2.78. The van der Waals surface area contributed by atoms with Gasteiger partial charge < -0.3 is 0 Å². The molecule has 0 aliphatic rings. The Kier molecular flexibility index (Phi) is 14.1. The first kappa shape index (κ1) is 44.6. The smallest absolute Gasteiger partial charge is 0.0206 e. The Balaban J connectivity index is 3.17. The molecule has 0 spiro atoms. The van der Waals surface area contributed by atoms with Crippen molar-refractivity contribution in [3.8, 4) is 0 Å². The van der Waals surface area contributed by atoms with Crippen molar-refractivity contribution in [3.05, 3.63) is 71.3 Å². The second-order valence-electron chi connectivity index (χ2n) is 25.1. The molecule has 0 bridgehead atoms. The van der Waals surface area contributed by atoms with E-state index in [0.717, 1.165) is 12.8 Å². The van der Waals surface area contributed by atoms with Gasteiger partial charge in [-0.1, -0.05) is 185 Å². The van der Waals surface area contributed by atoms with Crippen molar-refractivity contribution >= 4 is 0 Å². The molecule has 0 aliphatic carbocycles. The number of hydrogen-bond donors (Lipinski definition) is 0. The van der Waals surface area contributed by atoms with E-state index in [0.29, 0.717) is 0 Å². The lowest BCUT2D eigenvalue weighted by atomic mass is 9.49. The first-order valence-electron chi connectivity index (χ1n) is 20.3. The van der Waals surface area contributed by atoms with E-state index >= 15 is 0 Å². The van der Waals surface area contributed by atoms with Gasteiger partial charge in [-0.15, -0.1) is 0 Å². The second-order valence-corrected chi connectivity index (χ2v) is 25.1. The highest BCUT2D eigenvalue weighted by Crippen LogP contribution is 2.61. The fourth-order valence-corrected chi connectivity index (χ4v) is 11.6. The summed E-state index contributed by atoms with van der Waals surface area (Å²) in [4.78, 5) is 0. The Labute approximate surface area is 314 Å². The van der Waals surface area contributed by atoms with Crippen molar-refractivity contribution in [2.24, 2.45) is 48.7 Å². The molecule has 2 aromatic carbocycles. The summed E-state index contributed by atoms with van der Waals surface area (Å²) in [5.74, 6) is 0. The summed E-state index contributed by atoms with van der Waals surface area (Å²) < 4.78 is 0. The van der Waals surface area contributed by atoms with Crippen LogP contribution in [0.25, 0.3) is 0 Å². The van der Waals surface area contributed by atoms with Crippen LogP contribution in [0.2, 0.25) is 0 Å². The summed E-state index contributed by atoms with van der Waals surface area (Å²) in [6.07, 6.45) is 12.3. The molecule has 0 saturated carbocycles. The SMILES string of the molecule is Cc1ccc(CC(Cc2ccccc2)(CC(CC(C)(C)C)(CC(C)(C)C)CC(C)(C)C)CC(CC(C)(C)C)(CC(C)(C)C)CC(C)(C)C)cc1. The first-order valence-corrected chi connectivity index (χ1v) is 20.3. The van der Waals surface area contributed by atoms with E-state index in [2.05, 4.69) is 186 Å². The Morgan fingerprint density at radius 2 is 0.560 bits per heavy atom. The zero-order valence-corrected chi connectivity index (χ0v) is 37.3. The van der Waals surface area contributed by atoms with E-state index in [1.165, 1.54) is 68.1 Å². The Morgan fingerprint density at radius 1 is 0.300 bits per heavy atom. The summed E-state index contributed by atoms with van der Waals surface area (Å²) in [5.41, 5.74) is 6.26. The van der Waals surface area contributed by atoms with Gasteiger partial charge in [0, 0.05) is 0 Å². The third-order valence-corrected chi connectivity index (χ3v) is 10.1. The van der Waals surface area contributed by atoms with E-state index in [1.807, 2.05) is 0 Å². The monoisotopic (exact) mass is 687 g/mol. The van der Waals surface area contributed by atoms with Gasteiger partial charge in [-0.2, -0.15) is 0 Å². The zero-order valence-electron chi connectivity index (χ0n) is 37.3.